The van der Waals surface area contributed by atoms with Crippen molar-refractivity contribution in [2.75, 3.05) is 0 Å². The number of hydrogen-bond acceptors (Lipinski definition) is 0. The number of nitrogens with zero attached hydrogens (tertiary/aromatic N) is 1. The van der Waals surface area contributed by atoms with E-state index in [1.807, 2.05) is 0 Å². The summed E-state index contributed by atoms with van der Waals surface area (Å²) in [7, 11) is 0. The maximum Gasteiger partial charge on any atom is 0.0476 e. The molecule has 0 aliphatic heterocycles. The number of aryl methyl sites for hydroxylation is 1. The summed E-state index contributed by atoms with van der Waals surface area (Å²) in [6.07, 6.45) is 11.4. The Hall–Kier alpha value is -2.54. The van der Waals surface area contributed by atoms with Gasteiger partial charge in [-0.3, -0.25) is 0 Å². The first-order valence-electron chi connectivity index (χ1n) is 10.8. The summed E-state index contributed by atoms with van der Waals surface area (Å²) in [4.78, 5) is 0. The van der Waals surface area contributed by atoms with Gasteiger partial charge < -0.3 is 4.57 Å². The molecule has 29 heavy (non-hydrogen) atoms. The van der Waals surface area contributed by atoms with E-state index in [9.17, 15) is 0 Å². The van der Waals surface area contributed by atoms with Crippen LogP contribution in [0.4, 0.5) is 0 Å². The van der Waals surface area contributed by atoms with E-state index >= 15 is 0 Å². The van der Waals surface area contributed by atoms with Gasteiger partial charge in [-0.05, 0) is 70.5 Å². The van der Waals surface area contributed by atoms with E-state index in [2.05, 4.69) is 112 Å². The maximum absolute atomic E-state index is 2.49. The molecule has 150 valence electrons. The SMILES string of the molecule is Cc1ccc(/C=C/c2cc3c(cc2Cn2cccc2)C(C)(C)CCC3(C)C)cc1. The summed E-state index contributed by atoms with van der Waals surface area (Å²) in [5.41, 5.74) is 8.79. The molecule has 1 aliphatic rings. The Labute approximate surface area is 176 Å². The smallest absolute Gasteiger partial charge is 0.0476 e. The fourth-order valence-corrected chi connectivity index (χ4v) is 4.50. The second-order valence-corrected chi connectivity index (χ2v) is 9.96. The molecule has 4 rings (SSSR count). The molecule has 0 saturated carbocycles. The largest absolute Gasteiger partial charge is 0.350 e. The third-order valence-electron chi connectivity index (χ3n) is 6.66. The highest BCUT2D eigenvalue weighted by atomic mass is 14.9. The lowest BCUT2D eigenvalue weighted by Gasteiger charge is -2.42. The molecule has 0 atom stereocenters. The molecule has 0 amide bonds. The predicted octanol–water partition coefficient (Wildman–Crippen LogP) is 7.36. The Morgan fingerprint density at radius 3 is 2.03 bits per heavy atom. The van der Waals surface area contributed by atoms with Crippen molar-refractivity contribution in [2.24, 2.45) is 0 Å². The molecule has 0 spiro atoms. The number of fused-ring (bicyclic) bond motifs is 1. The third-order valence-corrected chi connectivity index (χ3v) is 6.66. The van der Waals surface area contributed by atoms with Gasteiger partial charge in [0.1, 0.15) is 0 Å². The molecule has 0 fully saturated rings. The molecule has 1 heteroatoms. The van der Waals surface area contributed by atoms with E-state index in [0.717, 1.165) is 6.54 Å². The van der Waals surface area contributed by atoms with Crippen LogP contribution in [-0.2, 0) is 17.4 Å². The van der Waals surface area contributed by atoms with Gasteiger partial charge in [-0.2, -0.15) is 0 Å². The van der Waals surface area contributed by atoms with Gasteiger partial charge >= 0.3 is 0 Å². The molecular formula is C28H33N. The van der Waals surface area contributed by atoms with Crippen LogP contribution < -0.4 is 0 Å². The Morgan fingerprint density at radius 2 is 1.41 bits per heavy atom. The van der Waals surface area contributed by atoms with Crippen molar-refractivity contribution in [1.82, 2.24) is 4.57 Å². The molecule has 3 aromatic rings. The highest BCUT2D eigenvalue weighted by molar-refractivity contribution is 5.72. The molecule has 0 radical (unpaired) electrons. The fourth-order valence-electron chi connectivity index (χ4n) is 4.50. The van der Waals surface area contributed by atoms with Crippen molar-refractivity contribution in [3.63, 3.8) is 0 Å². The minimum Gasteiger partial charge on any atom is -0.350 e. The third kappa shape index (κ3) is 4.10. The molecular weight excluding hydrogens is 350 g/mol. The van der Waals surface area contributed by atoms with Gasteiger partial charge in [-0.15, -0.1) is 0 Å². The quantitative estimate of drug-likeness (QED) is 0.415. The van der Waals surface area contributed by atoms with Crippen molar-refractivity contribution < 1.29 is 0 Å². The number of aromatic nitrogens is 1. The van der Waals surface area contributed by atoms with Crippen LogP contribution in [0.15, 0.2) is 60.9 Å². The highest BCUT2D eigenvalue weighted by Gasteiger charge is 2.37. The summed E-state index contributed by atoms with van der Waals surface area (Å²) < 4.78 is 2.27. The average Bonchev–Trinajstić information content (AvgIpc) is 3.18. The van der Waals surface area contributed by atoms with Crippen LogP contribution in [0.2, 0.25) is 0 Å². The van der Waals surface area contributed by atoms with Gasteiger partial charge in [-0.1, -0.05) is 81.8 Å². The van der Waals surface area contributed by atoms with E-state index in [-0.39, 0.29) is 10.8 Å². The van der Waals surface area contributed by atoms with Crippen LogP contribution in [0, 0.1) is 6.92 Å². The van der Waals surface area contributed by atoms with Gasteiger partial charge in [0.05, 0.1) is 0 Å². The van der Waals surface area contributed by atoms with Crippen LogP contribution in [0.1, 0.15) is 73.9 Å². The van der Waals surface area contributed by atoms with Crippen molar-refractivity contribution in [2.45, 2.75) is 64.8 Å². The molecule has 0 unspecified atom stereocenters. The first kappa shape index (κ1) is 19.8. The van der Waals surface area contributed by atoms with Crippen LogP contribution in [0.25, 0.3) is 12.2 Å². The first-order chi connectivity index (χ1) is 13.7. The topological polar surface area (TPSA) is 4.93 Å². The molecule has 1 heterocycles. The van der Waals surface area contributed by atoms with E-state index in [4.69, 9.17) is 0 Å². The zero-order chi connectivity index (χ0) is 20.6. The van der Waals surface area contributed by atoms with Crippen LogP contribution in [-0.4, -0.2) is 4.57 Å². The van der Waals surface area contributed by atoms with Gasteiger partial charge in [0.25, 0.3) is 0 Å². The van der Waals surface area contributed by atoms with Crippen LogP contribution in [0.5, 0.6) is 0 Å². The number of rotatable bonds is 4. The lowest BCUT2D eigenvalue weighted by molar-refractivity contribution is 0.331. The monoisotopic (exact) mass is 383 g/mol. The number of benzene rings is 2. The van der Waals surface area contributed by atoms with Gasteiger partial charge in [0, 0.05) is 18.9 Å². The molecule has 1 aromatic heterocycles. The summed E-state index contributed by atoms with van der Waals surface area (Å²) in [5.74, 6) is 0. The fraction of sp³-hybridized carbons (Fsp3) is 0.357. The van der Waals surface area contributed by atoms with E-state index < -0.39 is 0 Å². The van der Waals surface area contributed by atoms with Gasteiger partial charge in [0.2, 0.25) is 0 Å². The first-order valence-corrected chi connectivity index (χ1v) is 10.8. The van der Waals surface area contributed by atoms with E-state index in [1.165, 1.54) is 46.2 Å². The van der Waals surface area contributed by atoms with Crippen LogP contribution in [0.3, 0.4) is 0 Å². The zero-order valence-corrected chi connectivity index (χ0v) is 18.5. The lowest BCUT2D eigenvalue weighted by atomic mass is 9.62. The Bertz CT molecular complexity index is 1010. The molecule has 1 aliphatic carbocycles. The van der Waals surface area contributed by atoms with Crippen LogP contribution >= 0.6 is 0 Å². The molecule has 0 saturated heterocycles. The second kappa shape index (κ2) is 7.37. The van der Waals surface area contributed by atoms with Crippen molar-refractivity contribution in [3.05, 3.63) is 94.3 Å². The Balaban J connectivity index is 1.82. The van der Waals surface area contributed by atoms with Crippen molar-refractivity contribution in [1.29, 1.82) is 0 Å². The average molecular weight is 384 g/mol. The Morgan fingerprint density at radius 1 is 0.828 bits per heavy atom. The predicted molar refractivity (Wildman–Crippen MR) is 125 cm³/mol. The Kier molecular flexibility index (Phi) is 5.02. The maximum atomic E-state index is 2.49. The number of hydrogen-bond donors (Lipinski definition) is 0. The zero-order valence-electron chi connectivity index (χ0n) is 18.5. The van der Waals surface area contributed by atoms with Gasteiger partial charge in [0.15, 0.2) is 0 Å². The lowest BCUT2D eigenvalue weighted by Crippen LogP contribution is -2.34. The van der Waals surface area contributed by atoms with E-state index in [1.54, 1.807) is 0 Å². The van der Waals surface area contributed by atoms with Gasteiger partial charge in [-0.25, -0.2) is 0 Å². The summed E-state index contributed by atoms with van der Waals surface area (Å²) in [6.45, 7) is 12.7. The minimum atomic E-state index is 0.225. The summed E-state index contributed by atoms with van der Waals surface area (Å²) >= 11 is 0. The highest BCUT2D eigenvalue weighted by Crippen LogP contribution is 2.46. The standard InChI is InChI=1S/C28H33N/c1-21-8-10-22(11-9-21)12-13-23-18-25-26(28(4,5)15-14-27(25,2)3)19-24(23)20-29-16-6-7-17-29/h6-13,16-19H,14-15,20H2,1-5H3/b13-12+. The molecule has 0 bridgehead atoms. The van der Waals surface area contributed by atoms with E-state index in [0.29, 0.717) is 0 Å². The second-order valence-electron chi connectivity index (χ2n) is 9.96. The normalized spacial score (nSPS) is 17.4. The molecule has 0 N–H and O–H groups in total. The van der Waals surface area contributed by atoms with Crippen molar-refractivity contribution in [3.8, 4) is 0 Å². The minimum absolute atomic E-state index is 0.225. The molecule has 2 aromatic carbocycles. The van der Waals surface area contributed by atoms with Crippen molar-refractivity contribution >= 4 is 12.2 Å². The molecule has 1 nitrogen and oxygen atoms in total. The summed E-state index contributed by atoms with van der Waals surface area (Å²) in [6, 6.07) is 17.9. The summed E-state index contributed by atoms with van der Waals surface area (Å²) in [5, 5.41) is 0.